The highest BCUT2D eigenvalue weighted by Crippen LogP contribution is 2.43. The molecule has 0 aromatic carbocycles. The van der Waals surface area contributed by atoms with Gasteiger partial charge < -0.3 is 20.1 Å². The third-order valence-corrected chi connectivity index (χ3v) is 10.3. The van der Waals surface area contributed by atoms with E-state index in [0.29, 0.717) is 6.61 Å². The summed E-state index contributed by atoms with van der Waals surface area (Å²) in [6.07, 6.45) is 68.0. The Morgan fingerprint density at radius 1 is 0.500 bits per heavy atom. The monoisotopic (exact) mass is 882 g/mol. The molecule has 0 spiro atoms. The minimum absolute atomic E-state index is 0.0718. The van der Waals surface area contributed by atoms with Gasteiger partial charge in [0.1, 0.15) is 6.10 Å². The summed E-state index contributed by atoms with van der Waals surface area (Å²) in [4.78, 5) is 22.6. The Kier molecular flexibility index (Phi) is 46.5. The Labute approximate surface area is 379 Å². The van der Waals surface area contributed by atoms with Gasteiger partial charge in [0.05, 0.1) is 19.8 Å². The average Bonchev–Trinajstić information content (AvgIpc) is 3.26. The number of unbranched alkanes of at least 4 members (excludes halogenated alkanes) is 11. The third kappa shape index (κ3) is 47.9. The number of hydrogen-bond donors (Lipinski definition) is 2. The molecule has 0 saturated carbocycles. The number of carbonyl (C=O) groups is 1. The number of rotatable bonds is 44. The molecule has 352 valence electrons. The fourth-order valence-corrected chi connectivity index (χ4v) is 6.63. The van der Waals surface area contributed by atoms with Crippen molar-refractivity contribution in [3.8, 4) is 0 Å². The highest BCUT2D eigenvalue weighted by atomic mass is 31.2. The fraction of sp³-hybridized carbons (Fsp3) is 0.604. The van der Waals surface area contributed by atoms with Gasteiger partial charge in [0.25, 0.3) is 0 Å². The summed E-state index contributed by atoms with van der Waals surface area (Å²) in [5.74, 6) is -0.364. The zero-order chi connectivity index (χ0) is 45.1. The van der Waals surface area contributed by atoms with E-state index in [2.05, 4.69) is 135 Å². The molecule has 0 aromatic rings. The summed E-state index contributed by atoms with van der Waals surface area (Å²) in [6, 6.07) is 0. The van der Waals surface area contributed by atoms with Crippen LogP contribution in [0.2, 0.25) is 0 Å². The molecule has 0 rings (SSSR count). The second kappa shape index (κ2) is 48.9. The smallest absolute Gasteiger partial charge is 0.457 e. The summed E-state index contributed by atoms with van der Waals surface area (Å²) in [5.41, 5.74) is 5.38. The lowest BCUT2D eigenvalue weighted by Crippen LogP contribution is -2.28. The van der Waals surface area contributed by atoms with Gasteiger partial charge in [-0.1, -0.05) is 174 Å². The number of phosphoric ester groups is 1. The van der Waals surface area contributed by atoms with E-state index in [4.69, 9.17) is 24.3 Å². The van der Waals surface area contributed by atoms with Gasteiger partial charge in [0, 0.05) is 19.6 Å². The molecule has 0 saturated heterocycles. The summed E-state index contributed by atoms with van der Waals surface area (Å²) in [6.45, 7) is 4.61. The molecule has 0 heterocycles. The average molecular weight is 882 g/mol. The Morgan fingerprint density at radius 3 is 1.35 bits per heavy atom. The molecule has 62 heavy (non-hydrogen) atoms. The molecule has 8 nitrogen and oxygen atoms in total. The van der Waals surface area contributed by atoms with E-state index in [9.17, 15) is 14.3 Å². The van der Waals surface area contributed by atoms with Gasteiger partial charge >= 0.3 is 13.8 Å². The van der Waals surface area contributed by atoms with Gasteiger partial charge in [-0.25, -0.2) is 4.57 Å². The minimum atomic E-state index is -4.31. The molecule has 0 aromatic heterocycles. The Morgan fingerprint density at radius 2 is 0.903 bits per heavy atom. The molecular formula is C53H88NO7P. The van der Waals surface area contributed by atoms with E-state index in [1.807, 2.05) is 0 Å². The zero-order valence-corrected chi connectivity index (χ0v) is 39.9. The summed E-state index contributed by atoms with van der Waals surface area (Å²) in [5, 5.41) is 0. The molecule has 0 aliphatic carbocycles. The standard InChI is InChI=1S/C53H88NO7P/c1-3-5-7-9-11-13-15-17-19-21-23-24-25-26-27-29-31-33-35-37-39-41-43-45-48-58-50-52(51-60-62(56,57)59-49-47-54)61-53(55)46-44-42-40-38-36-34-32-30-28-22-20-18-16-14-12-10-8-6-4-2/h5,7,11-14,17-20,23-24,26-28,30-31,33,37,39,52H,3-4,6,8-10,15-16,21-22,25,29,32,34-36,38,40-51,54H2,1-2H3,(H,56,57)/b7-5-,13-11-,14-12-,19-17-,20-18-,24-23-,27-26-,30-28-,33-31-,39-37-. The van der Waals surface area contributed by atoms with Crippen molar-refractivity contribution < 1.29 is 32.8 Å². The van der Waals surface area contributed by atoms with E-state index < -0.39 is 13.9 Å². The van der Waals surface area contributed by atoms with Crippen LogP contribution in [0.5, 0.6) is 0 Å². The van der Waals surface area contributed by atoms with Crippen LogP contribution >= 0.6 is 7.82 Å². The van der Waals surface area contributed by atoms with E-state index in [1.165, 1.54) is 38.5 Å². The van der Waals surface area contributed by atoms with Gasteiger partial charge in [-0.2, -0.15) is 0 Å². The van der Waals surface area contributed by atoms with Gasteiger partial charge in [0.2, 0.25) is 0 Å². The van der Waals surface area contributed by atoms with Crippen LogP contribution in [-0.2, 0) is 27.9 Å². The number of hydrogen-bond acceptors (Lipinski definition) is 7. The number of allylic oxidation sites excluding steroid dienone is 20. The van der Waals surface area contributed by atoms with Crippen molar-refractivity contribution in [3.05, 3.63) is 122 Å². The first-order valence-electron chi connectivity index (χ1n) is 24.0. The normalized spacial score (nSPS) is 14.5. The Bertz CT molecular complexity index is 1360. The maximum Gasteiger partial charge on any atom is 0.472 e. The number of ether oxygens (including phenoxy) is 2. The number of phosphoric acid groups is 1. The van der Waals surface area contributed by atoms with Crippen LogP contribution in [0.3, 0.4) is 0 Å². The van der Waals surface area contributed by atoms with Crippen molar-refractivity contribution in [2.24, 2.45) is 5.73 Å². The lowest BCUT2D eigenvalue weighted by molar-refractivity contribution is -0.154. The number of esters is 1. The van der Waals surface area contributed by atoms with Gasteiger partial charge in [-0.05, 0) is 109 Å². The molecule has 0 amide bonds. The minimum Gasteiger partial charge on any atom is -0.457 e. The zero-order valence-electron chi connectivity index (χ0n) is 39.1. The van der Waals surface area contributed by atoms with E-state index in [0.717, 1.165) is 109 Å². The number of nitrogens with two attached hydrogens (primary N) is 1. The maximum atomic E-state index is 12.6. The largest absolute Gasteiger partial charge is 0.472 e. The molecule has 3 N–H and O–H groups in total. The topological polar surface area (TPSA) is 117 Å². The van der Waals surface area contributed by atoms with Gasteiger partial charge in [0.15, 0.2) is 0 Å². The molecule has 9 heteroatoms. The quantitative estimate of drug-likeness (QED) is 0.0269. The molecule has 0 aliphatic rings. The molecule has 0 bridgehead atoms. The Balaban J connectivity index is 4.15. The van der Waals surface area contributed by atoms with E-state index in [1.54, 1.807) is 0 Å². The van der Waals surface area contributed by atoms with Gasteiger partial charge in [-0.3, -0.25) is 13.8 Å². The van der Waals surface area contributed by atoms with Crippen LogP contribution in [0, 0.1) is 0 Å². The first kappa shape index (κ1) is 58.9. The molecular weight excluding hydrogens is 794 g/mol. The first-order chi connectivity index (χ1) is 30.4. The maximum absolute atomic E-state index is 12.6. The second-order valence-corrected chi connectivity index (χ2v) is 16.7. The van der Waals surface area contributed by atoms with E-state index in [-0.39, 0.29) is 38.8 Å². The van der Waals surface area contributed by atoms with Crippen LogP contribution in [0.25, 0.3) is 0 Å². The predicted molar refractivity (Wildman–Crippen MR) is 265 cm³/mol. The number of carbonyl (C=O) groups excluding carboxylic acids is 1. The summed E-state index contributed by atoms with van der Waals surface area (Å²) in [7, 11) is -4.31. The van der Waals surface area contributed by atoms with Crippen molar-refractivity contribution >= 4 is 13.8 Å². The highest BCUT2D eigenvalue weighted by Gasteiger charge is 2.25. The summed E-state index contributed by atoms with van der Waals surface area (Å²) < 4.78 is 33.5. The molecule has 0 fully saturated rings. The fourth-order valence-electron chi connectivity index (χ4n) is 5.86. The summed E-state index contributed by atoms with van der Waals surface area (Å²) >= 11 is 0. The lowest BCUT2D eigenvalue weighted by atomic mass is 10.1. The Hall–Kier alpha value is -3.10. The third-order valence-electron chi connectivity index (χ3n) is 9.36. The van der Waals surface area contributed by atoms with Crippen LogP contribution in [0.1, 0.15) is 168 Å². The first-order valence-corrected chi connectivity index (χ1v) is 25.5. The molecule has 2 atom stereocenters. The van der Waals surface area contributed by atoms with Crippen molar-refractivity contribution in [2.45, 2.75) is 174 Å². The van der Waals surface area contributed by atoms with Gasteiger partial charge in [-0.15, -0.1) is 0 Å². The van der Waals surface area contributed by atoms with Crippen molar-refractivity contribution in [1.29, 1.82) is 0 Å². The molecule has 2 unspecified atom stereocenters. The lowest BCUT2D eigenvalue weighted by Gasteiger charge is -2.20. The second-order valence-electron chi connectivity index (χ2n) is 15.2. The molecule has 0 radical (unpaired) electrons. The van der Waals surface area contributed by atoms with Crippen LogP contribution in [-0.4, -0.2) is 49.9 Å². The molecule has 0 aliphatic heterocycles. The van der Waals surface area contributed by atoms with Crippen molar-refractivity contribution in [2.75, 3.05) is 33.0 Å². The van der Waals surface area contributed by atoms with Crippen molar-refractivity contribution in [3.63, 3.8) is 0 Å². The predicted octanol–water partition coefficient (Wildman–Crippen LogP) is 15.0. The van der Waals surface area contributed by atoms with Crippen LogP contribution in [0.15, 0.2) is 122 Å². The van der Waals surface area contributed by atoms with Crippen LogP contribution < -0.4 is 5.73 Å². The van der Waals surface area contributed by atoms with Crippen LogP contribution in [0.4, 0.5) is 0 Å². The highest BCUT2D eigenvalue weighted by molar-refractivity contribution is 7.47. The van der Waals surface area contributed by atoms with E-state index >= 15 is 0 Å². The SMILES string of the molecule is CC/C=C\C/C=C\C/C=C\C/C=C\C/C=C\C/C=C\C/C=C\CCCCOCC(COP(=O)(O)OCCN)OC(=O)CCCCCCCC/C=C\C/C=C\C/C=C\CCCCC. The van der Waals surface area contributed by atoms with Crippen molar-refractivity contribution in [1.82, 2.24) is 0 Å².